The summed E-state index contributed by atoms with van der Waals surface area (Å²) in [5.74, 6) is 2.94. The van der Waals surface area contributed by atoms with Crippen molar-refractivity contribution in [2.75, 3.05) is 12.4 Å². The molecule has 0 bridgehead atoms. The quantitative estimate of drug-likeness (QED) is 0.757. The number of aryl methyl sites for hydroxylation is 2. The number of aromatic nitrogens is 5. The molecule has 0 radical (unpaired) electrons. The molecule has 0 saturated heterocycles. The van der Waals surface area contributed by atoms with E-state index >= 15 is 0 Å². The lowest BCUT2D eigenvalue weighted by molar-refractivity contribution is -0.120. The van der Waals surface area contributed by atoms with Crippen molar-refractivity contribution in [3.63, 3.8) is 0 Å². The van der Waals surface area contributed by atoms with Crippen LogP contribution in [0.5, 0.6) is 5.75 Å². The second kappa shape index (κ2) is 6.83. The fourth-order valence-electron chi connectivity index (χ4n) is 3.04. The number of carbonyl (C=O) groups excluding carboxylic acids is 1. The van der Waals surface area contributed by atoms with Crippen LogP contribution in [-0.4, -0.2) is 37.1 Å². The first-order valence-corrected chi connectivity index (χ1v) is 9.09. The minimum Gasteiger partial charge on any atom is -0.497 e. The number of anilines is 1. The molecule has 1 aliphatic rings. The van der Waals surface area contributed by atoms with Crippen molar-refractivity contribution in [3.8, 4) is 17.1 Å². The molecule has 4 rings (SSSR count). The lowest BCUT2D eigenvalue weighted by Gasteiger charge is -2.22. The Morgan fingerprint density at radius 2 is 2.27 bits per heavy atom. The summed E-state index contributed by atoms with van der Waals surface area (Å²) >= 11 is 1.18. The third kappa shape index (κ3) is 3.17. The molecule has 0 aliphatic carbocycles. The van der Waals surface area contributed by atoms with Gasteiger partial charge in [0.2, 0.25) is 11.0 Å². The van der Waals surface area contributed by atoms with E-state index < -0.39 is 0 Å². The molecule has 0 saturated carbocycles. The fourth-order valence-corrected chi connectivity index (χ4v) is 3.63. The van der Waals surface area contributed by atoms with Crippen LogP contribution in [0.4, 0.5) is 5.13 Å². The summed E-state index contributed by atoms with van der Waals surface area (Å²) in [5.41, 5.74) is 0.850. The lowest BCUT2D eigenvalue weighted by atomic mass is 9.98. The van der Waals surface area contributed by atoms with Crippen LogP contribution in [0.2, 0.25) is 0 Å². The van der Waals surface area contributed by atoms with Gasteiger partial charge in [-0.25, -0.2) is 0 Å². The summed E-state index contributed by atoms with van der Waals surface area (Å²) in [7, 11) is 1.62. The van der Waals surface area contributed by atoms with Gasteiger partial charge in [0.1, 0.15) is 17.4 Å². The van der Waals surface area contributed by atoms with Gasteiger partial charge in [-0.15, -0.1) is 10.2 Å². The molecular weight excluding hydrogens is 352 g/mol. The molecule has 8 nitrogen and oxygen atoms in total. The Morgan fingerprint density at radius 1 is 1.38 bits per heavy atom. The molecule has 134 valence electrons. The van der Waals surface area contributed by atoms with Crippen molar-refractivity contribution < 1.29 is 9.53 Å². The van der Waals surface area contributed by atoms with Gasteiger partial charge in [-0.05, 0) is 25.5 Å². The molecule has 0 spiro atoms. The van der Waals surface area contributed by atoms with E-state index in [1.807, 2.05) is 35.8 Å². The van der Waals surface area contributed by atoms with E-state index in [2.05, 4.69) is 24.9 Å². The standard InChI is InChI=1S/C17H18N6O2S/c1-10-20-21-14-7-6-12(9-23(10)14)16(24)19-17-18-15(22-26-17)11-4-3-5-13(8-11)25-2/h3-5,8,12H,6-7,9H2,1-2H3,(H,18,19,22,24). The molecule has 1 atom stereocenters. The number of hydrogen-bond donors (Lipinski definition) is 1. The third-order valence-corrected chi connectivity index (χ3v) is 5.12. The van der Waals surface area contributed by atoms with Gasteiger partial charge in [0.25, 0.3) is 0 Å². The molecule has 26 heavy (non-hydrogen) atoms. The molecular formula is C17H18N6O2S. The largest absolute Gasteiger partial charge is 0.497 e. The predicted octanol–water partition coefficient (Wildman–Crippen LogP) is 2.31. The van der Waals surface area contributed by atoms with Gasteiger partial charge < -0.3 is 14.6 Å². The molecule has 0 fully saturated rings. The van der Waals surface area contributed by atoms with Crippen molar-refractivity contribution >= 4 is 22.6 Å². The fraction of sp³-hybridized carbons (Fsp3) is 0.353. The Hall–Kier alpha value is -2.81. The Labute approximate surface area is 154 Å². The maximum atomic E-state index is 12.6. The van der Waals surface area contributed by atoms with E-state index in [1.165, 1.54) is 11.5 Å². The van der Waals surface area contributed by atoms with Crippen LogP contribution in [0, 0.1) is 12.8 Å². The second-order valence-corrected chi connectivity index (χ2v) is 6.91. The average Bonchev–Trinajstić information content (AvgIpc) is 3.28. The van der Waals surface area contributed by atoms with Gasteiger partial charge in [0.05, 0.1) is 13.0 Å². The van der Waals surface area contributed by atoms with Gasteiger partial charge in [-0.1, -0.05) is 12.1 Å². The number of nitrogens with zero attached hydrogens (tertiary/aromatic N) is 5. The van der Waals surface area contributed by atoms with Crippen molar-refractivity contribution in [2.45, 2.75) is 26.3 Å². The average molecular weight is 370 g/mol. The summed E-state index contributed by atoms with van der Waals surface area (Å²) in [5, 5.41) is 11.6. The third-order valence-electron chi connectivity index (χ3n) is 4.49. The number of hydrogen-bond acceptors (Lipinski definition) is 7. The normalized spacial score (nSPS) is 16.2. The van der Waals surface area contributed by atoms with E-state index in [9.17, 15) is 4.79 Å². The van der Waals surface area contributed by atoms with Gasteiger partial charge in [0, 0.05) is 30.1 Å². The van der Waals surface area contributed by atoms with Crippen molar-refractivity contribution in [2.24, 2.45) is 5.92 Å². The van der Waals surface area contributed by atoms with Gasteiger partial charge >= 0.3 is 0 Å². The highest BCUT2D eigenvalue weighted by atomic mass is 32.1. The minimum absolute atomic E-state index is 0.0444. The van der Waals surface area contributed by atoms with Crippen molar-refractivity contribution in [1.29, 1.82) is 0 Å². The van der Waals surface area contributed by atoms with Crippen LogP contribution < -0.4 is 10.1 Å². The van der Waals surface area contributed by atoms with Gasteiger partial charge in [-0.3, -0.25) is 4.79 Å². The van der Waals surface area contributed by atoms with E-state index in [0.29, 0.717) is 17.5 Å². The number of nitrogens with one attached hydrogen (secondary N) is 1. The van der Waals surface area contributed by atoms with E-state index in [4.69, 9.17) is 4.74 Å². The van der Waals surface area contributed by atoms with Gasteiger partial charge in [-0.2, -0.15) is 9.36 Å². The number of carbonyl (C=O) groups is 1. The summed E-state index contributed by atoms with van der Waals surface area (Å²) in [6.45, 7) is 2.50. The second-order valence-electron chi connectivity index (χ2n) is 6.15. The highest BCUT2D eigenvalue weighted by molar-refractivity contribution is 7.10. The highest BCUT2D eigenvalue weighted by Gasteiger charge is 2.27. The molecule has 1 aromatic carbocycles. The number of rotatable bonds is 4. The first-order valence-electron chi connectivity index (χ1n) is 8.31. The Bertz CT molecular complexity index is 950. The monoisotopic (exact) mass is 370 g/mol. The number of amides is 1. The Kier molecular flexibility index (Phi) is 4.37. The predicted molar refractivity (Wildman–Crippen MR) is 97.1 cm³/mol. The minimum atomic E-state index is -0.124. The molecule has 1 N–H and O–H groups in total. The van der Waals surface area contributed by atoms with Crippen LogP contribution in [0.15, 0.2) is 24.3 Å². The molecule has 2 aromatic heterocycles. The summed E-state index contributed by atoms with van der Waals surface area (Å²) < 4.78 is 11.6. The first kappa shape index (κ1) is 16.6. The van der Waals surface area contributed by atoms with E-state index in [-0.39, 0.29) is 11.8 Å². The molecule has 1 aliphatic heterocycles. The van der Waals surface area contributed by atoms with Crippen LogP contribution in [0.25, 0.3) is 11.4 Å². The van der Waals surface area contributed by atoms with Crippen molar-refractivity contribution in [1.82, 2.24) is 24.1 Å². The zero-order valence-electron chi connectivity index (χ0n) is 14.5. The van der Waals surface area contributed by atoms with E-state index in [0.717, 1.165) is 35.8 Å². The summed E-state index contributed by atoms with van der Waals surface area (Å²) in [6, 6.07) is 7.52. The van der Waals surface area contributed by atoms with Crippen LogP contribution >= 0.6 is 11.5 Å². The molecule has 9 heteroatoms. The molecule has 1 amide bonds. The maximum Gasteiger partial charge on any atom is 0.231 e. The molecule has 3 heterocycles. The van der Waals surface area contributed by atoms with Crippen LogP contribution in [-0.2, 0) is 17.8 Å². The molecule has 1 unspecified atom stereocenters. The number of methoxy groups -OCH3 is 1. The first-order chi connectivity index (χ1) is 12.6. The van der Waals surface area contributed by atoms with Crippen LogP contribution in [0.1, 0.15) is 18.1 Å². The number of fused-ring (bicyclic) bond motifs is 1. The van der Waals surface area contributed by atoms with Crippen LogP contribution in [0.3, 0.4) is 0 Å². The summed E-state index contributed by atoms with van der Waals surface area (Å²) in [6.07, 6.45) is 1.51. The lowest BCUT2D eigenvalue weighted by Crippen LogP contribution is -2.31. The zero-order chi connectivity index (χ0) is 18.1. The maximum absolute atomic E-state index is 12.6. The topological polar surface area (TPSA) is 94.8 Å². The van der Waals surface area contributed by atoms with Crippen molar-refractivity contribution in [3.05, 3.63) is 35.9 Å². The summed E-state index contributed by atoms with van der Waals surface area (Å²) in [4.78, 5) is 17.0. The number of benzene rings is 1. The Morgan fingerprint density at radius 3 is 3.12 bits per heavy atom. The van der Waals surface area contributed by atoms with Gasteiger partial charge in [0.15, 0.2) is 5.82 Å². The highest BCUT2D eigenvalue weighted by Crippen LogP contribution is 2.26. The van der Waals surface area contributed by atoms with E-state index in [1.54, 1.807) is 7.11 Å². The number of ether oxygens (including phenoxy) is 1. The smallest absolute Gasteiger partial charge is 0.231 e. The SMILES string of the molecule is COc1cccc(-c2nsc(NC(=O)C3CCc4nnc(C)n4C3)n2)c1. The Balaban J connectivity index is 1.46. The zero-order valence-corrected chi connectivity index (χ0v) is 15.3. The molecule has 3 aromatic rings.